The fourth-order valence-corrected chi connectivity index (χ4v) is 3.48. The molecular weight excluding hydrogens is 296 g/mol. The molecule has 0 radical (unpaired) electrons. The Hall–Kier alpha value is -1.28. The number of hydroxylamine groups is 1. The normalized spacial score (nSPS) is 18.9. The van der Waals surface area contributed by atoms with Gasteiger partial charge in [0.05, 0.1) is 4.88 Å². The van der Waals surface area contributed by atoms with Crippen molar-refractivity contribution in [2.75, 3.05) is 6.61 Å². The van der Waals surface area contributed by atoms with Crippen molar-refractivity contribution >= 4 is 28.6 Å². The summed E-state index contributed by atoms with van der Waals surface area (Å²) in [5.74, 6) is -0.335. The van der Waals surface area contributed by atoms with Crippen molar-refractivity contribution in [3.05, 3.63) is 28.6 Å². The minimum atomic E-state index is -0.344. The summed E-state index contributed by atoms with van der Waals surface area (Å²) in [6, 6.07) is 3.95. The number of thiophene rings is 1. The molecule has 1 aliphatic heterocycles. The third-order valence-corrected chi connectivity index (χ3v) is 4.77. The summed E-state index contributed by atoms with van der Waals surface area (Å²) in [5, 5.41) is 4.56. The molecule has 0 bridgehead atoms. The lowest BCUT2D eigenvalue weighted by molar-refractivity contribution is -0.186. The van der Waals surface area contributed by atoms with Gasteiger partial charge in [0.1, 0.15) is 10.7 Å². The average molecular weight is 310 g/mol. The van der Waals surface area contributed by atoms with Crippen LogP contribution >= 0.6 is 22.7 Å². The fourth-order valence-electron chi connectivity index (χ4n) is 1.87. The third kappa shape index (κ3) is 3.24. The Morgan fingerprint density at radius 3 is 3.15 bits per heavy atom. The third-order valence-electron chi connectivity index (χ3n) is 2.89. The van der Waals surface area contributed by atoms with Crippen LogP contribution in [0.25, 0.3) is 9.88 Å². The van der Waals surface area contributed by atoms with Crippen molar-refractivity contribution in [2.24, 2.45) is 0 Å². The van der Waals surface area contributed by atoms with Crippen LogP contribution in [0.2, 0.25) is 0 Å². The summed E-state index contributed by atoms with van der Waals surface area (Å²) in [7, 11) is 0. The van der Waals surface area contributed by atoms with Crippen molar-refractivity contribution < 1.29 is 14.4 Å². The largest absolute Gasteiger partial charge is 0.350 e. The van der Waals surface area contributed by atoms with E-state index in [0.29, 0.717) is 12.3 Å². The predicted octanol–water partition coefficient (Wildman–Crippen LogP) is 3.06. The van der Waals surface area contributed by atoms with Crippen LogP contribution in [0.3, 0.4) is 0 Å². The number of rotatable bonds is 4. The van der Waals surface area contributed by atoms with E-state index in [1.54, 1.807) is 16.7 Å². The number of hydrogen-bond acceptors (Lipinski definition) is 6. The van der Waals surface area contributed by atoms with Gasteiger partial charge in [0, 0.05) is 18.4 Å². The SMILES string of the molecule is O=C(NO[C@@H]1CCCCO1)c1csc(-c2cccs2)n1. The minimum absolute atomic E-state index is 0.335. The molecule has 1 amide bonds. The van der Waals surface area contributed by atoms with Crippen LogP contribution in [-0.4, -0.2) is 23.8 Å². The van der Waals surface area contributed by atoms with Gasteiger partial charge in [-0.15, -0.1) is 22.7 Å². The minimum Gasteiger partial charge on any atom is -0.350 e. The highest BCUT2D eigenvalue weighted by molar-refractivity contribution is 7.20. The van der Waals surface area contributed by atoms with E-state index in [4.69, 9.17) is 9.57 Å². The van der Waals surface area contributed by atoms with Gasteiger partial charge in [0.25, 0.3) is 5.91 Å². The van der Waals surface area contributed by atoms with Crippen LogP contribution in [0.5, 0.6) is 0 Å². The molecule has 3 heterocycles. The van der Waals surface area contributed by atoms with E-state index in [1.165, 1.54) is 11.3 Å². The van der Waals surface area contributed by atoms with E-state index >= 15 is 0 Å². The molecule has 2 aromatic heterocycles. The number of hydrogen-bond donors (Lipinski definition) is 1. The Labute approximate surface area is 124 Å². The lowest BCUT2D eigenvalue weighted by atomic mass is 10.2. The van der Waals surface area contributed by atoms with E-state index in [0.717, 1.165) is 29.1 Å². The van der Waals surface area contributed by atoms with Gasteiger partial charge < -0.3 is 4.74 Å². The van der Waals surface area contributed by atoms with E-state index in [2.05, 4.69) is 10.5 Å². The fraction of sp³-hybridized carbons (Fsp3) is 0.385. The number of carbonyl (C=O) groups excluding carboxylic acids is 1. The second-order valence-electron chi connectivity index (χ2n) is 4.36. The number of ether oxygens (including phenoxy) is 1. The van der Waals surface area contributed by atoms with Gasteiger partial charge in [-0.1, -0.05) is 6.07 Å². The lowest BCUT2D eigenvalue weighted by Gasteiger charge is -2.21. The molecule has 106 valence electrons. The summed E-state index contributed by atoms with van der Waals surface area (Å²) >= 11 is 3.05. The highest BCUT2D eigenvalue weighted by Gasteiger charge is 2.18. The predicted molar refractivity (Wildman–Crippen MR) is 77.6 cm³/mol. The molecule has 0 spiro atoms. The number of nitrogens with one attached hydrogen (secondary N) is 1. The molecular formula is C13H14N2O3S2. The van der Waals surface area contributed by atoms with Gasteiger partial charge in [-0.25, -0.2) is 15.3 Å². The first kappa shape index (κ1) is 13.7. The second kappa shape index (κ2) is 6.45. The zero-order chi connectivity index (χ0) is 13.8. The van der Waals surface area contributed by atoms with Crippen molar-refractivity contribution in [2.45, 2.75) is 25.6 Å². The molecule has 7 heteroatoms. The molecule has 0 aliphatic carbocycles. The first-order chi connectivity index (χ1) is 9.83. The molecule has 1 aliphatic rings. The summed E-state index contributed by atoms with van der Waals surface area (Å²) in [6.45, 7) is 0.680. The molecule has 0 unspecified atom stereocenters. The molecule has 3 rings (SSSR count). The van der Waals surface area contributed by atoms with Gasteiger partial charge in [-0.2, -0.15) is 0 Å². The average Bonchev–Trinajstić information content (AvgIpc) is 3.16. The highest BCUT2D eigenvalue weighted by atomic mass is 32.1. The standard InChI is InChI=1S/C13H14N2O3S2/c16-12(15-18-11-5-1-2-6-17-11)9-8-20-13(14-9)10-4-3-7-19-10/h3-4,7-8,11H,1-2,5-6H2,(H,15,16)/t11-/m1/s1. The second-order valence-corrected chi connectivity index (χ2v) is 6.17. The number of thiazole rings is 1. The quantitative estimate of drug-likeness (QED) is 0.882. The molecule has 0 aromatic carbocycles. The molecule has 1 fully saturated rings. The summed E-state index contributed by atoms with van der Waals surface area (Å²) in [4.78, 5) is 22.5. The van der Waals surface area contributed by atoms with Crippen LogP contribution in [0, 0.1) is 0 Å². The van der Waals surface area contributed by atoms with Crippen LogP contribution < -0.4 is 5.48 Å². The lowest BCUT2D eigenvalue weighted by Crippen LogP contribution is -2.33. The molecule has 0 saturated carbocycles. The van der Waals surface area contributed by atoms with Gasteiger partial charge in [-0.3, -0.25) is 4.79 Å². The maximum absolute atomic E-state index is 11.9. The molecule has 1 saturated heterocycles. The van der Waals surface area contributed by atoms with Crippen molar-refractivity contribution in [3.63, 3.8) is 0 Å². The van der Waals surface area contributed by atoms with Crippen LogP contribution in [0.4, 0.5) is 0 Å². The summed E-state index contributed by atoms with van der Waals surface area (Å²) < 4.78 is 5.38. The number of carbonyl (C=O) groups is 1. The monoisotopic (exact) mass is 310 g/mol. The Kier molecular flexibility index (Phi) is 4.41. The van der Waals surface area contributed by atoms with E-state index in [9.17, 15) is 4.79 Å². The molecule has 20 heavy (non-hydrogen) atoms. The van der Waals surface area contributed by atoms with E-state index in [1.807, 2.05) is 17.5 Å². The van der Waals surface area contributed by atoms with Crippen LogP contribution in [0.15, 0.2) is 22.9 Å². The molecule has 1 atom stereocenters. The first-order valence-corrected chi connectivity index (χ1v) is 8.16. The van der Waals surface area contributed by atoms with Crippen LogP contribution in [0.1, 0.15) is 29.8 Å². The van der Waals surface area contributed by atoms with Crippen molar-refractivity contribution in [1.29, 1.82) is 0 Å². The number of amides is 1. The Morgan fingerprint density at radius 2 is 2.40 bits per heavy atom. The molecule has 1 N–H and O–H groups in total. The van der Waals surface area contributed by atoms with Crippen LogP contribution in [-0.2, 0) is 9.57 Å². The summed E-state index contributed by atoms with van der Waals surface area (Å²) in [6.07, 6.45) is 2.56. The molecule has 5 nitrogen and oxygen atoms in total. The number of nitrogens with zero attached hydrogens (tertiary/aromatic N) is 1. The Morgan fingerprint density at radius 1 is 1.45 bits per heavy atom. The Bertz CT molecular complexity index is 562. The molecule has 2 aromatic rings. The van der Waals surface area contributed by atoms with E-state index in [-0.39, 0.29) is 12.2 Å². The first-order valence-electron chi connectivity index (χ1n) is 6.40. The van der Waals surface area contributed by atoms with Gasteiger partial charge in [0.2, 0.25) is 0 Å². The van der Waals surface area contributed by atoms with Gasteiger partial charge in [-0.05, 0) is 24.3 Å². The highest BCUT2D eigenvalue weighted by Crippen LogP contribution is 2.27. The zero-order valence-electron chi connectivity index (χ0n) is 10.7. The van der Waals surface area contributed by atoms with Gasteiger partial charge in [0.15, 0.2) is 6.29 Å². The maximum atomic E-state index is 11.9. The van der Waals surface area contributed by atoms with Gasteiger partial charge >= 0.3 is 0 Å². The van der Waals surface area contributed by atoms with E-state index < -0.39 is 0 Å². The topological polar surface area (TPSA) is 60.5 Å². The maximum Gasteiger partial charge on any atom is 0.294 e. The number of aromatic nitrogens is 1. The zero-order valence-corrected chi connectivity index (χ0v) is 12.3. The Balaban J connectivity index is 1.57. The van der Waals surface area contributed by atoms with Crippen molar-refractivity contribution in [3.8, 4) is 9.88 Å². The summed E-state index contributed by atoms with van der Waals surface area (Å²) in [5.41, 5.74) is 2.78. The smallest absolute Gasteiger partial charge is 0.294 e. The van der Waals surface area contributed by atoms with Crippen molar-refractivity contribution in [1.82, 2.24) is 10.5 Å².